The second-order valence-corrected chi connectivity index (χ2v) is 7.57. The van der Waals surface area contributed by atoms with Gasteiger partial charge in [0.25, 0.3) is 0 Å². The van der Waals surface area contributed by atoms with Crippen LogP contribution in [-0.4, -0.2) is 40.6 Å². The fourth-order valence-corrected chi connectivity index (χ4v) is 3.52. The first-order valence-electron chi connectivity index (χ1n) is 8.36. The van der Waals surface area contributed by atoms with Crippen molar-refractivity contribution in [3.8, 4) is 28.7 Å². The van der Waals surface area contributed by atoms with Crippen LogP contribution in [0.25, 0.3) is 12.2 Å². The van der Waals surface area contributed by atoms with E-state index in [1.165, 1.54) is 0 Å². The maximum atomic E-state index is 5.91. The summed E-state index contributed by atoms with van der Waals surface area (Å²) in [6, 6.07) is 9.46. The molecule has 1 unspecified atom stereocenters. The molecule has 150 valence electrons. The van der Waals surface area contributed by atoms with Gasteiger partial charge in [-0.2, -0.15) is 0 Å². The first-order valence-corrected chi connectivity index (χ1v) is 10.2. The summed E-state index contributed by atoms with van der Waals surface area (Å²) in [4.78, 5) is 0. The van der Waals surface area contributed by atoms with Crippen molar-refractivity contribution in [2.24, 2.45) is 0 Å². The average Bonchev–Trinajstić information content (AvgIpc) is 2.74. The van der Waals surface area contributed by atoms with Crippen molar-refractivity contribution in [2.45, 2.75) is 0 Å². The van der Waals surface area contributed by atoms with E-state index in [0.29, 0.717) is 28.7 Å². The van der Waals surface area contributed by atoms with Crippen LogP contribution in [0.2, 0.25) is 0 Å². The lowest BCUT2D eigenvalue weighted by Crippen LogP contribution is -2.04. The molecular weight excluding hydrogens is 397 g/mol. The molecule has 0 spiro atoms. The number of thiocarbonyl (C=S) groups is 1. The third-order valence-electron chi connectivity index (χ3n) is 3.86. The zero-order chi connectivity index (χ0) is 20.5. The van der Waals surface area contributed by atoms with Crippen molar-refractivity contribution < 1.29 is 23.5 Å². The second-order valence-electron chi connectivity index (χ2n) is 5.45. The normalized spacial score (nSPS) is 11.8. The SMILES string of the molecule is CNP(C=S)Oc1cc(/C=C/c2cc(OC)c(OC)c(OC)c2)ccc1OC. The Morgan fingerprint density at radius 1 is 0.786 bits per heavy atom. The molecule has 0 amide bonds. The van der Waals surface area contributed by atoms with E-state index in [9.17, 15) is 0 Å². The average molecular weight is 421 g/mol. The molecule has 0 aliphatic carbocycles. The fraction of sp³-hybridized carbons (Fsp3) is 0.250. The standard InChI is InChI=1S/C20H24NO5PS/c1-21-27(13-28)26-17-10-14(8-9-16(17)22-2)6-7-15-11-18(23-3)20(25-5)19(12-15)24-4/h6-13,21H,1-5H3/b7-6+. The van der Waals surface area contributed by atoms with Gasteiger partial charge in [-0.05, 0) is 42.4 Å². The minimum absolute atomic E-state index is 0.558. The van der Waals surface area contributed by atoms with Crippen LogP contribution >= 0.6 is 20.5 Å². The van der Waals surface area contributed by atoms with E-state index in [2.05, 4.69) is 5.09 Å². The Labute approximate surface area is 172 Å². The molecule has 0 saturated carbocycles. The number of rotatable bonds is 10. The molecule has 0 heterocycles. The Morgan fingerprint density at radius 2 is 1.36 bits per heavy atom. The van der Waals surface area contributed by atoms with Gasteiger partial charge in [0.2, 0.25) is 5.75 Å². The maximum absolute atomic E-state index is 5.91. The molecule has 0 aliphatic heterocycles. The lowest BCUT2D eigenvalue weighted by molar-refractivity contribution is 0.324. The quantitative estimate of drug-likeness (QED) is 0.337. The molecule has 0 bridgehead atoms. The smallest absolute Gasteiger partial charge is 0.203 e. The number of nitrogens with one attached hydrogen (secondary N) is 1. The summed E-state index contributed by atoms with van der Waals surface area (Å²) < 4.78 is 27.4. The zero-order valence-electron chi connectivity index (χ0n) is 16.5. The Kier molecular flexibility index (Phi) is 8.51. The Hall–Kier alpha value is -2.34. The van der Waals surface area contributed by atoms with Crippen LogP contribution in [0.5, 0.6) is 28.7 Å². The fourth-order valence-electron chi connectivity index (χ4n) is 2.48. The van der Waals surface area contributed by atoms with E-state index in [1.807, 2.05) is 42.5 Å². The number of ether oxygens (including phenoxy) is 4. The molecule has 0 fully saturated rings. The number of hydrogen-bond donors (Lipinski definition) is 1. The van der Waals surface area contributed by atoms with Gasteiger partial charge in [-0.15, -0.1) is 0 Å². The van der Waals surface area contributed by atoms with Gasteiger partial charge in [0.1, 0.15) is 0 Å². The van der Waals surface area contributed by atoms with Gasteiger partial charge in [0.05, 0.1) is 33.5 Å². The predicted molar refractivity (Wildman–Crippen MR) is 118 cm³/mol. The van der Waals surface area contributed by atoms with Gasteiger partial charge in [-0.1, -0.05) is 30.4 Å². The highest BCUT2D eigenvalue weighted by molar-refractivity contribution is 7.94. The molecule has 0 radical (unpaired) electrons. The lowest BCUT2D eigenvalue weighted by atomic mass is 10.1. The van der Waals surface area contributed by atoms with E-state index in [4.69, 9.17) is 35.7 Å². The zero-order valence-corrected chi connectivity index (χ0v) is 18.2. The van der Waals surface area contributed by atoms with Crippen molar-refractivity contribution in [3.05, 3.63) is 41.5 Å². The molecule has 0 saturated heterocycles. The summed E-state index contributed by atoms with van der Waals surface area (Å²) in [5, 5.41) is 4.61. The first kappa shape index (κ1) is 22.0. The third-order valence-corrected chi connectivity index (χ3v) is 5.46. The van der Waals surface area contributed by atoms with E-state index in [-0.39, 0.29) is 0 Å². The maximum Gasteiger partial charge on any atom is 0.203 e. The molecule has 28 heavy (non-hydrogen) atoms. The highest BCUT2D eigenvalue weighted by Gasteiger charge is 2.13. The molecule has 2 aromatic carbocycles. The van der Waals surface area contributed by atoms with Gasteiger partial charge in [0, 0.05) is 0 Å². The summed E-state index contributed by atoms with van der Waals surface area (Å²) in [6.45, 7) is 0. The summed E-state index contributed by atoms with van der Waals surface area (Å²) in [6.07, 6.45) is 3.92. The van der Waals surface area contributed by atoms with E-state index in [1.54, 1.807) is 40.6 Å². The van der Waals surface area contributed by atoms with Crippen LogP contribution in [0.1, 0.15) is 11.1 Å². The third kappa shape index (κ3) is 5.35. The Morgan fingerprint density at radius 3 is 1.86 bits per heavy atom. The Bertz CT molecular complexity index is 818. The topological polar surface area (TPSA) is 58.2 Å². The number of benzene rings is 2. The molecule has 8 heteroatoms. The lowest BCUT2D eigenvalue weighted by Gasteiger charge is -2.15. The highest BCUT2D eigenvalue weighted by Crippen LogP contribution is 2.40. The van der Waals surface area contributed by atoms with Gasteiger partial charge in [0.15, 0.2) is 31.3 Å². The Balaban J connectivity index is 2.34. The summed E-state index contributed by atoms with van der Waals surface area (Å²) >= 11 is 4.99. The molecule has 2 aromatic rings. The summed E-state index contributed by atoms with van der Waals surface area (Å²) in [5.74, 6) is 3.02. The highest BCUT2D eigenvalue weighted by atomic mass is 32.1. The van der Waals surface area contributed by atoms with Gasteiger partial charge >= 0.3 is 0 Å². The molecule has 0 aromatic heterocycles. The van der Waals surface area contributed by atoms with Crippen LogP contribution in [0.15, 0.2) is 30.3 Å². The van der Waals surface area contributed by atoms with Gasteiger partial charge in [-0.3, -0.25) is 5.09 Å². The van der Waals surface area contributed by atoms with Crippen LogP contribution in [0.4, 0.5) is 0 Å². The van der Waals surface area contributed by atoms with E-state index in [0.717, 1.165) is 11.1 Å². The van der Waals surface area contributed by atoms with Crippen molar-refractivity contribution in [1.82, 2.24) is 5.09 Å². The molecule has 0 aliphatic rings. The molecule has 6 nitrogen and oxygen atoms in total. The van der Waals surface area contributed by atoms with Crippen molar-refractivity contribution in [3.63, 3.8) is 0 Å². The van der Waals surface area contributed by atoms with E-state index < -0.39 is 8.30 Å². The van der Waals surface area contributed by atoms with Crippen LogP contribution < -0.4 is 28.6 Å². The molecule has 2 rings (SSSR count). The number of hydrogen-bond acceptors (Lipinski definition) is 7. The predicted octanol–water partition coefficient (Wildman–Crippen LogP) is 4.76. The minimum atomic E-state index is -1.05. The van der Waals surface area contributed by atoms with E-state index >= 15 is 0 Å². The van der Waals surface area contributed by atoms with Crippen molar-refractivity contribution in [1.29, 1.82) is 0 Å². The molecule has 1 N–H and O–H groups in total. The largest absolute Gasteiger partial charge is 0.493 e. The van der Waals surface area contributed by atoms with Gasteiger partial charge < -0.3 is 23.5 Å². The first-order chi connectivity index (χ1) is 13.6. The monoisotopic (exact) mass is 421 g/mol. The minimum Gasteiger partial charge on any atom is -0.493 e. The van der Waals surface area contributed by atoms with Crippen molar-refractivity contribution >= 4 is 37.8 Å². The van der Waals surface area contributed by atoms with Crippen LogP contribution in [-0.2, 0) is 0 Å². The van der Waals surface area contributed by atoms with Crippen molar-refractivity contribution in [2.75, 3.05) is 35.5 Å². The number of methoxy groups -OCH3 is 4. The van der Waals surface area contributed by atoms with Gasteiger partial charge in [-0.25, -0.2) is 0 Å². The summed E-state index contributed by atoms with van der Waals surface area (Å²) in [7, 11) is 7.12. The second kappa shape index (κ2) is 10.9. The van der Waals surface area contributed by atoms with Crippen LogP contribution in [0, 0.1) is 0 Å². The van der Waals surface area contributed by atoms with Crippen LogP contribution in [0.3, 0.4) is 0 Å². The molecule has 1 atom stereocenters. The molecular formula is C20H24NO5PS. The summed E-state index contributed by atoms with van der Waals surface area (Å²) in [5.41, 5.74) is 1.85.